The van der Waals surface area contributed by atoms with Crippen molar-refractivity contribution in [3.05, 3.63) is 0 Å². The number of carbonyl (C=O) groups is 4. The van der Waals surface area contributed by atoms with Gasteiger partial charge in [-0.2, -0.15) is 0 Å². The molecule has 0 aliphatic rings. The molecule has 0 aromatic heterocycles. The van der Waals surface area contributed by atoms with Crippen LogP contribution in [0.1, 0.15) is 14.3 Å². The maximum atomic E-state index is 10.7. The van der Waals surface area contributed by atoms with Crippen molar-refractivity contribution in [2.24, 2.45) is 0 Å². The summed E-state index contributed by atoms with van der Waals surface area (Å²) in [4.78, 5) is 41.3. The summed E-state index contributed by atoms with van der Waals surface area (Å²) in [5, 5.41) is 25.4. The molecule has 8 nitrogen and oxygen atoms in total. The van der Waals surface area contributed by atoms with Crippen LogP contribution < -0.4 is 51.4 Å². The predicted molar refractivity (Wildman–Crippen MR) is 43.1 cm³/mol. The Morgan fingerprint density at radius 3 is 1.69 bits per heavy atom. The average Bonchev–Trinajstić information content (AvgIpc) is 2.01. The second kappa shape index (κ2) is 7.74. The van der Waals surface area contributed by atoms with Crippen molar-refractivity contribution < 1.29 is 92.0 Å². The Morgan fingerprint density at radius 2 is 1.50 bits per heavy atom. The van der Waals surface area contributed by atoms with E-state index in [0.717, 1.165) is 0 Å². The minimum absolute atomic E-state index is 0. The molecule has 0 aromatic rings. The van der Waals surface area contributed by atoms with Crippen molar-refractivity contribution in [2.75, 3.05) is 0 Å². The van der Waals surface area contributed by atoms with Gasteiger partial charge in [0, 0.05) is 0 Å². The quantitative estimate of drug-likeness (QED) is 0.311. The van der Waals surface area contributed by atoms with Gasteiger partial charge in [-0.3, -0.25) is 14.4 Å². The molecular formula is C7H9KO8. The Labute approximate surface area is 133 Å². The van der Waals surface area contributed by atoms with Crippen LogP contribution in [0.5, 0.6) is 0 Å². The fourth-order valence-electron chi connectivity index (χ4n) is 0.928. The number of carboxylic acid groups (broad SMARTS) is 3. The Hall–Kier alpha value is -0.484. The van der Waals surface area contributed by atoms with E-state index in [1.807, 2.05) is 0 Å². The van der Waals surface area contributed by atoms with Crippen LogP contribution in [0.4, 0.5) is 0 Å². The molecule has 0 atom stereocenters. The van der Waals surface area contributed by atoms with E-state index in [2.05, 4.69) is 4.74 Å². The summed E-state index contributed by atoms with van der Waals surface area (Å²) in [7, 11) is 0. The summed E-state index contributed by atoms with van der Waals surface area (Å²) in [5.74, 6) is -4.99. The third-order valence-electron chi connectivity index (χ3n) is 1.54. The fourth-order valence-corrected chi connectivity index (χ4v) is 0.928. The molecule has 0 aromatic carbocycles. The first-order chi connectivity index (χ1) is 6.84. The van der Waals surface area contributed by atoms with E-state index in [9.17, 15) is 19.2 Å². The molecule has 3 N–H and O–H groups in total. The standard InChI is InChI=1S/C7H8O8.K.H/c8-3-15-7(6(13)14,1-4(9)10)2-5(11)12;;/h3H,1-2H2,(H,9,10)(H,11,12)(H,13,14);;/q;+1;-1. The number of rotatable bonds is 7. The molecule has 0 aliphatic heterocycles. The largest absolute Gasteiger partial charge is 1.00 e. The fraction of sp³-hybridized carbons (Fsp3) is 0.429. The number of hydrogen-bond acceptors (Lipinski definition) is 5. The van der Waals surface area contributed by atoms with Gasteiger partial charge >= 0.3 is 69.3 Å². The zero-order valence-corrected chi connectivity index (χ0v) is 11.5. The monoisotopic (exact) mass is 260 g/mol. The van der Waals surface area contributed by atoms with Crippen LogP contribution in [0.15, 0.2) is 0 Å². The number of aliphatic carboxylic acids is 3. The van der Waals surface area contributed by atoms with Crippen LogP contribution in [0.25, 0.3) is 0 Å². The maximum Gasteiger partial charge on any atom is 1.00 e. The van der Waals surface area contributed by atoms with E-state index in [1.54, 1.807) is 0 Å². The molecule has 0 heterocycles. The van der Waals surface area contributed by atoms with E-state index >= 15 is 0 Å². The van der Waals surface area contributed by atoms with Crippen molar-refractivity contribution in [1.29, 1.82) is 0 Å². The molecule has 0 fully saturated rings. The summed E-state index contributed by atoms with van der Waals surface area (Å²) in [6.07, 6.45) is -2.24. The molecule has 9 heteroatoms. The van der Waals surface area contributed by atoms with Crippen LogP contribution >= 0.6 is 0 Å². The molecule has 0 unspecified atom stereocenters. The van der Waals surface area contributed by atoms with Crippen LogP contribution in [-0.2, 0) is 23.9 Å². The molecule has 86 valence electrons. The Balaban J connectivity index is -0.000000980. The topological polar surface area (TPSA) is 138 Å². The van der Waals surface area contributed by atoms with E-state index in [-0.39, 0.29) is 59.3 Å². The maximum absolute atomic E-state index is 10.7. The summed E-state index contributed by atoms with van der Waals surface area (Å²) in [6, 6.07) is 0. The van der Waals surface area contributed by atoms with E-state index in [0.29, 0.717) is 0 Å². The van der Waals surface area contributed by atoms with Gasteiger partial charge in [0.1, 0.15) is 0 Å². The zero-order valence-electron chi connectivity index (χ0n) is 9.37. The molecular weight excluding hydrogens is 251 g/mol. The van der Waals surface area contributed by atoms with Gasteiger partial charge in [0.15, 0.2) is 0 Å². The first-order valence-electron chi connectivity index (χ1n) is 3.62. The number of hydrogen-bond donors (Lipinski definition) is 3. The number of carboxylic acids is 3. The van der Waals surface area contributed by atoms with Gasteiger partial charge < -0.3 is 21.5 Å². The van der Waals surface area contributed by atoms with Gasteiger partial charge in [-0.15, -0.1) is 0 Å². The molecule has 0 rings (SSSR count). The predicted octanol–water partition coefficient (Wildman–Crippen LogP) is -3.95. The Bertz CT molecular complexity index is 288. The van der Waals surface area contributed by atoms with Crippen LogP contribution in [0, 0.1) is 0 Å². The van der Waals surface area contributed by atoms with Crippen LogP contribution in [-0.4, -0.2) is 45.3 Å². The van der Waals surface area contributed by atoms with Crippen molar-refractivity contribution in [1.82, 2.24) is 0 Å². The van der Waals surface area contributed by atoms with Crippen LogP contribution in [0.2, 0.25) is 0 Å². The van der Waals surface area contributed by atoms with Crippen molar-refractivity contribution in [3.8, 4) is 0 Å². The molecule has 0 bridgehead atoms. The molecule has 0 saturated heterocycles. The smallest absolute Gasteiger partial charge is 1.00 e. The zero-order chi connectivity index (χ0) is 12.1. The number of ether oxygens (including phenoxy) is 1. The van der Waals surface area contributed by atoms with Gasteiger partial charge in [0.05, 0.1) is 12.8 Å². The van der Waals surface area contributed by atoms with E-state index < -0.39 is 36.4 Å². The Kier molecular flexibility index (Phi) is 8.65. The first-order valence-corrected chi connectivity index (χ1v) is 3.62. The van der Waals surface area contributed by atoms with E-state index in [1.165, 1.54) is 0 Å². The molecule has 0 amide bonds. The SMILES string of the molecule is O=COC(CC(=O)O)(CC(=O)O)C(=O)O.[H-].[K+]. The summed E-state index contributed by atoms with van der Waals surface area (Å²) < 4.78 is 4.07. The van der Waals surface area contributed by atoms with Crippen LogP contribution in [0.3, 0.4) is 0 Å². The van der Waals surface area contributed by atoms with Crippen molar-refractivity contribution in [3.63, 3.8) is 0 Å². The molecule has 0 saturated carbocycles. The second-order valence-corrected chi connectivity index (χ2v) is 2.65. The third kappa shape index (κ3) is 5.56. The second-order valence-electron chi connectivity index (χ2n) is 2.65. The first kappa shape index (κ1) is 17.9. The minimum Gasteiger partial charge on any atom is -1.00 e. The molecule has 16 heavy (non-hydrogen) atoms. The summed E-state index contributed by atoms with van der Waals surface area (Å²) in [5.41, 5.74) is -2.56. The minimum atomic E-state index is -2.56. The van der Waals surface area contributed by atoms with Crippen molar-refractivity contribution >= 4 is 24.4 Å². The molecule has 0 spiro atoms. The van der Waals surface area contributed by atoms with Gasteiger partial charge in [-0.25, -0.2) is 4.79 Å². The third-order valence-corrected chi connectivity index (χ3v) is 1.54. The van der Waals surface area contributed by atoms with Gasteiger partial charge in [-0.05, 0) is 0 Å². The average molecular weight is 260 g/mol. The molecule has 0 aliphatic carbocycles. The van der Waals surface area contributed by atoms with Gasteiger partial charge in [-0.1, -0.05) is 0 Å². The normalized spacial score (nSPS) is 9.75. The van der Waals surface area contributed by atoms with Gasteiger partial charge in [0.2, 0.25) is 5.60 Å². The number of carbonyl (C=O) groups excluding carboxylic acids is 1. The Morgan fingerprint density at radius 1 is 1.12 bits per heavy atom. The van der Waals surface area contributed by atoms with Crippen molar-refractivity contribution in [2.45, 2.75) is 18.4 Å². The van der Waals surface area contributed by atoms with Gasteiger partial charge in [0.25, 0.3) is 6.47 Å². The summed E-state index contributed by atoms with van der Waals surface area (Å²) in [6.45, 7) is -0.292. The molecule has 0 radical (unpaired) electrons. The summed E-state index contributed by atoms with van der Waals surface area (Å²) >= 11 is 0. The van der Waals surface area contributed by atoms with E-state index in [4.69, 9.17) is 15.3 Å².